The first kappa shape index (κ1) is 18.7. The van der Waals surface area contributed by atoms with E-state index in [9.17, 15) is 24.9 Å². The fourth-order valence-corrected chi connectivity index (χ4v) is 2.27. The number of rotatable bonds is 7. The van der Waals surface area contributed by atoms with Crippen molar-refractivity contribution in [3.63, 3.8) is 0 Å². The molecule has 22 heavy (non-hydrogen) atoms. The van der Waals surface area contributed by atoms with E-state index in [0.717, 1.165) is 0 Å². The van der Waals surface area contributed by atoms with Gasteiger partial charge in [-0.1, -0.05) is 0 Å². The lowest BCUT2D eigenvalue weighted by molar-refractivity contribution is -0.195. The third-order valence-corrected chi connectivity index (χ3v) is 3.40. The predicted molar refractivity (Wildman–Crippen MR) is 71.9 cm³/mol. The highest BCUT2D eigenvalue weighted by Gasteiger charge is 2.46. The van der Waals surface area contributed by atoms with E-state index in [0.29, 0.717) is 0 Å². The van der Waals surface area contributed by atoms with Crippen molar-refractivity contribution in [1.29, 1.82) is 0 Å². The molecular weight excluding hydrogens is 300 g/mol. The first-order valence-electron chi connectivity index (χ1n) is 6.79. The highest BCUT2D eigenvalue weighted by molar-refractivity contribution is 5.78. The summed E-state index contributed by atoms with van der Waals surface area (Å²) >= 11 is 0. The minimum absolute atomic E-state index is 0.0586. The summed E-state index contributed by atoms with van der Waals surface area (Å²) in [6.07, 6.45) is -7.62. The van der Waals surface area contributed by atoms with Gasteiger partial charge in [-0.2, -0.15) is 0 Å². The van der Waals surface area contributed by atoms with E-state index in [-0.39, 0.29) is 13.0 Å². The van der Waals surface area contributed by atoms with Gasteiger partial charge in [-0.3, -0.25) is 4.79 Å². The number of amides is 1. The van der Waals surface area contributed by atoms with Crippen LogP contribution in [-0.2, 0) is 14.3 Å². The van der Waals surface area contributed by atoms with E-state index in [1.807, 2.05) is 0 Å². The average molecular weight is 322 g/mol. The molecule has 1 amide bonds. The summed E-state index contributed by atoms with van der Waals surface area (Å²) in [7, 11) is 1.54. The first-order valence-corrected chi connectivity index (χ1v) is 6.79. The van der Waals surface area contributed by atoms with Crippen LogP contribution in [0.15, 0.2) is 0 Å². The Morgan fingerprint density at radius 2 is 2.00 bits per heavy atom. The molecule has 1 fully saturated rings. The van der Waals surface area contributed by atoms with Crippen molar-refractivity contribution in [2.24, 2.45) is 0 Å². The Bertz CT molecular complexity index is 393. The summed E-state index contributed by atoms with van der Waals surface area (Å²) in [5.74, 6) is -1.84. The number of aliphatic carboxylic acids is 1. The van der Waals surface area contributed by atoms with Gasteiger partial charge < -0.3 is 40.9 Å². The van der Waals surface area contributed by atoms with Gasteiger partial charge in [0, 0.05) is 6.42 Å². The van der Waals surface area contributed by atoms with Crippen LogP contribution < -0.4 is 10.6 Å². The van der Waals surface area contributed by atoms with E-state index in [4.69, 9.17) is 14.9 Å². The molecule has 10 nitrogen and oxygen atoms in total. The molecule has 1 rings (SSSR count). The molecule has 0 aromatic carbocycles. The maximum Gasteiger partial charge on any atom is 0.332 e. The lowest BCUT2D eigenvalue weighted by atomic mass is 9.90. The average Bonchev–Trinajstić information content (AvgIpc) is 2.47. The number of carboxylic acid groups (broad SMARTS) is 1. The number of carbonyl (C=O) groups is 2. The zero-order valence-electron chi connectivity index (χ0n) is 12.0. The largest absolute Gasteiger partial charge is 0.479 e. The topological polar surface area (TPSA) is 169 Å². The zero-order valence-corrected chi connectivity index (χ0v) is 12.0. The van der Waals surface area contributed by atoms with E-state index < -0.39 is 55.0 Å². The second-order valence-electron chi connectivity index (χ2n) is 5.09. The van der Waals surface area contributed by atoms with Gasteiger partial charge >= 0.3 is 5.97 Å². The van der Waals surface area contributed by atoms with E-state index in [1.54, 1.807) is 0 Å². The minimum Gasteiger partial charge on any atom is -0.479 e. The molecule has 0 aliphatic carbocycles. The summed E-state index contributed by atoms with van der Waals surface area (Å²) in [4.78, 5) is 22.6. The molecule has 0 aromatic heterocycles. The highest BCUT2D eigenvalue weighted by atomic mass is 16.5. The monoisotopic (exact) mass is 322 g/mol. The fourth-order valence-electron chi connectivity index (χ4n) is 2.27. The Morgan fingerprint density at radius 3 is 2.50 bits per heavy atom. The molecule has 128 valence electrons. The van der Waals surface area contributed by atoms with Crippen LogP contribution in [0.25, 0.3) is 0 Å². The van der Waals surface area contributed by atoms with Gasteiger partial charge in [0.1, 0.15) is 18.3 Å². The minimum atomic E-state index is -1.68. The van der Waals surface area contributed by atoms with Crippen molar-refractivity contribution in [2.75, 3.05) is 20.2 Å². The van der Waals surface area contributed by atoms with Crippen LogP contribution >= 0.6 is 0 Å². The standard InChI is InChI=1S/C12H22N2O8/c1-13-3-8(18)14-9-5(16)2-7(12(20)21)22-11(9)10(19)6(17)4-15/h5-7,9-11,13,15-17,19H,2-4H2,1H3,(H,14,18)(H,20,21)/t5?,6-,7?,9?,10-,11?/m1/s1. The van der Waals surface area contributed by atoms with Crippen LogP contribution in [0.2, 0.25) is 0 Å². The Labute approximate surface area is 126 Å². The third-order valence-electron chi connectivity index (χ3n) is 3.40. The Morgan fingerprint density at radius 1 is 1.36 bits per heavy atom. The van der Waals surface area contributed by atoms with Crippen LogP contribution in [0.3, 0.4) is 0 Å². The molecule has 0 radical (unpaired) electrons. The normalized spacial score (nSPS) is 31.3. The second kappa shape index (κ2) is 8.36. The molecule has 0 spiro atoms. The van der Waals surface area contributed by atoms with Gasteiger partial charge in [0.2, 0.25) is 5.91 Å². The van der Waals surface area contributed by atoms with Gasteiger partial charge in [-0.25, -0.2) is 4.79 Å². The van der Waals surface area contributed by atoms with Crippen LogP contribution in [0.1, 0.15) is 6.42 Å². The number of ether oxygens (including phenoxy) is 1. The molecule has 10 heteroatoms. The molecule has 1 aliphatic rings. The van der Waals surface area contributed by atoms with Gasteiger partial charge in [-0.15, -0.1) is 0 Å². The molecule has 0 bridgehead atoms. The summed E-state index contributed by atoms with van der Waals surface area (Å²) in [5.41, 5.74) is 0. The van der Waals surface area contributed by atoms with Gasteiger partial charge in [0.25, 0.3) is 0 Å². The van der Waals surface area contributed by atoms with Crippen molar-refractivity contribution in [3.8, 4) is 0 Å². The SMILES string of the molecule is CNCC(=O)NC1C(O)CC(C(=O)O)OC1[C@H](O)[C@H](O)CO. The molecule has 0 saturated carbocycles. The van der Waals surface area contributed by atoms with Gasteiger partial charge in [-0.05, 0) is 7.05 Å². The molecule has 0 aromatic rings. The smallest absolute Gasteiger partial charge is 0.332 e. The van der Waals surface area contributed by atoms with Crippen molar-refractivity contribution in [3.05, 3.63) is 0 Å². The van der Waals surface area contributed by atoms with Crippen LogP contribution in [0, 0.1) is 0 Å². The summed E-state index contributed by atoms with van der Waals surface area (Å²) in [5, 5.41) is 52.4. The zero-order chi connectivity index (χ0) is 16.9. The summed E-state index contributed by atoms with van der Waals surface area (Å²) in [6.45, 7) is -0.844. The lowest BCUT2D eigenvalue weighted by Crippen LogP contribution is -2.64. The molecule has 4 unspecified atom stereocenters. The number of carboxylic acids is 1. The van der Waals surface area contributed by atoms with E-state index in [2.05, 4.69) is 10.6 Å². The Balaban J connectivity index is 2.92. The second-order valence-corrected chi connectivity index (χ2v) is 5.09. The first-order chi connectivity index (χ1) is 10.3. The quantitative estimate of drug-likeness (QED) is 0.247. The number of likely N-dealkylation sites (N-methyl/N-ethyl adjacent to an activating group) is 1. The number of hydrogen-bond donors (Lipinski definition) is 7. The predicted octanol–water partition coefficient (Wildman–Crippen LogP) is -3.99. The van der Waals surface area contributed by atoms with Crippen LogP contribution in [0.5, 0.6) is 0 Å². The van der Waals surface area contributed by atoms with E-state index in [1.165, 1.54) is 7.05 Å². The maximum atomic E-state index is 11.6. The number of hydrogen-bond acceptors (Lipinski definition) is 8. The summed E-state index contributed by atoms with van der Waals surface area (Å²) in [6, 6.07) is -1.12. The molecule has 1 saturated heterocycles. The van der Waals surface area contributed by atoms with Gasteiger partial charge in [0.05, 0.1) is 25.3 Å². The van der Waals surface area contributed by atoms with Crippen molar-refractivity contribution < 1.29 is 39.9 Å². The highest BCUT2D eigenvalue weighted by Crippen LogP contribution is 2.24. The lowest BCUT2D eigenvalue weighted by Gasteiger charge is -2.41. The maximum absolute atomic E-state index is 11.6. The molecule has 1 heterocycles. The fraction of sp³-hybridized carbons (Fsp3) is 0.833. The van der Waals surface area contributed by atoms with Crippen molar-refractivity contribution in [1.82, 2.24) is 10.6 Å². The number of aliphatic hydroxyl groups excluding tert-OH is 4. The number of aliphatic hydroxyl groups is 4. The molecule has 1 aliphatic heterocycles. The van der Waals surface area contributed by atoms with Crippen molar-refractivity contribution >= 4 is 11.9 Å². The van der Waals surface area contributed by atoms with Crippen LogP contribution in [0.4, 0.5) is 0 Å². The Kier molecular flexibility index (Phi) is 7.13. The molecule has 6 atom stereocenters. The van der Waals surface area contributed by atoms with Gasteiger partial charge in [0.15, 0.2) is 6.10 Å². The number of nitrogens with one attached hydrogen (secondary N) is 2. The Hall–Kier alpha value is -1.30. The number of carbonyl (C=O) groups excluding carboxylic acids is 1. The van der Waals surface area contributed by atoms with E-state index >= 15 is 0 Å². The van der Waals surface area contributed by atoms with Crippen LogP contribution in [-0.4, -0.2) is 94.2 Å². The molecular formula is C12H22N2O8. The third kappa shape index (κ3) is 4.60. The van der Waals surface area contributed by atoms with Crippen molar-refractivity contribution in [2.45, 2.75) is 43.0 Å². The molecule has 7 N–H and O–H groups in total. The summed E-state index contributed by atoms with van der Waals surface area (Å²) < 4.78 is 5.18.